The van der Waals surface area contributed by atoms with E-state index < -0.39 is 5.97 Å². The highest BCUT2D eigenvalue weighted by atomic mass is 19.1. The molecule has 216 valence electrons. The van der Waals surface area contributed by atoms with Crippen molar-refractivity contribution in [3.8, 4) is 11.5 Å². The number of ether oxygens (including phenoxy) is 4. The zero-order valence-electron chi connectivity index (χ0n) is 23.6. The monoisotopic (exact) mass is 546 g/mol. The number of aliphatic carboxylic acids is 1. The van der Waals surface area contributed by atoms with Gasteiger partial charge in [-0.1, -0.05) is 6.92 Å². The number of methoxy groups -OCH3 is 1. The first-order chi connectivity index (χ1) is 18.8. The molecule has 0 aromatic heterocycles. The first kappa shape index (κ1) is 30.5. The Hall–Kier alpha value is -3.04. The molecule has 2 fully saturated rings. The maximum atomic E-state index is 14.4. The summed E-state index contributed by atoms with van der Waals surface area (Å²) < 4.78 is 37.4. The van der Waals surface area contributed by atoms with Crippen molar-refractivity contribution in [3.63, 3.8) is 0 Å². The van der Waals surface area contributed by atoms with Crippen LogP contribution in [0, 0.1) is 11.7 Å². The molecule has 2 saturated heterocycles. The summed E-state index contributed by atoms with van der Waals surface area (Å²) >= 11 is 0. The molecule has 0 bridgehead atoms. The minimum atomic E-state index is -0.833. The fourth-order valence-electron chi connectivity index (χ4n) is 4.94. The summed E-state index contributed by atoms with van der Waals surface area (Å²) in [6.45, 7) is 10.7. The topological polar surface area (TPSA) is 80.7 Å². The number of piperidine rings is 1. The predicted octanol–water partition coefficient (Wildman–Crippen LogP) is 5.24. The Kier molecular flexibility index (Phi) is 12.1. The number of halogens is 1. The van der Waals surface area contributed by atoms with Gasteiger partial charge in [0.2, 0.25) is 0 Å². The van der Waals surface area contributed by atoms with E-state index in [1.807, 2.05) is 6.92 Å². The Balaban J connectivity index is 0.000000983. The van der Waals surface area contributed by atoms with Crippen LogP contribution in [-0.4, -0.2) is 76.4 Å². The molecule has 2 aromatic carbocycles. The van der Waals surface area contributed by atoms with Gasteiger partial charge in [-0.2, -0.15) is 0 Å². The Labute approximate surface area is 231 Å². The highest BCUT2D eigenvalue weighted by Gasteiger charge is 2.30. The molecule has 8 nitrogen and oxygen atoms in total. The van der Waals surface area contributed by atoms with Gasteiger partial charge in [0.05, 0.1) is 18.4 Å². The number of anilines is 2. The van der Waals surface area contributed by atoms with Crippen molar-refractivity contribution in [3.05, 3.63) is 48.3 Å². The van der Waals surface area contributed by atoms with Gasteiger partial charge in [-0.05, 0) is 49.7 Å². The fraction of sp³-hybridized carbons (Fsp3) is 0.567. The second kappa shape index (κ2) is 15.5. The minimum Gasteiger partial charge on any atom is -0.494 e. The molecule has 0 spiro atoms. The van der Waals surface area contributed by atoms with Gasteiger partial charge in [-0.3, -0.25) is 4.79 Å². The van der Waals surface area contributed by atoms with E-state index in [2.05, 4.69) is 41.0 Å². The van der Waals surface area contributed by atoms with E-state index in [4.69, 9.17) is 28.8 Å². The van der Waals surface area contributed by atoms with Crippen LogP contribution in [0.4, 0.5) is 15.8 Å². The summed E-state index contributed by atoms with van der Waals surface area (Å²) in [7, 11) is 1.72. The van der Waals surface area contributed by atoms with Crippen molar-refractivity contribution < 1.29 is 33.2 Å². The lowest BCUT2D eigenvalue weighted by Gasteiger charge is -2.34. The number of carboxylic acids is 1. The average Bonchev–Trinajstić information content (AvgIpc) is 3.29. The first-order valence-corrected chi connectivity index (χ1v) is 13.8. The van der Waals surface area contributed by atoms with E-state index in [0.717, 1.165) is 71.3 Å². The second-order valence-corrected chi connectivity index (χ2v) is 10.0. The van der Waals surface area contributed by atoms with Crippen LogP contribution in [0.15, 0.2) is 42.5 Å². The van der Waals surface area contributed by atoms with Crippen LogP contribution in [0.2, 0.25) is 0 Å². The zero-order chi connectivity index (χ0) is 28.2. The van der Waals surface area contributed by atoms with Crippen LogP contribution in [0.25, 0.3) is 0 Å². The highest BCUT2D eigenvalue weighted by Crippen LogP contribution is 2.30. The third-order valence-electron chi connectivity index (χ3n) is 6.88. The third kappa shape index (κ3) is 9.58. The van der Waals surface area contributed by atoms with E-state index in [0.29, 0.717) is 24.0 Å². The molecule has 0 saturated carbocycles. The van der Waals surface area contributed by atoms with Crippen molar-refractivity contribution >= 4 is 17.3 Å². The smallest absolute Gasteiger partial charge is 0.300 e. The molecule has 2 aliphatic heterocycles. The van der Waals surface area contributed by atoms with Crippen LogP contribution in [-0.2, 0) is 14.3 Å². The van der Waals surface area contributed by atoms with Gasteiger partial charge in [0, 0.05) is 83.9 Å². The summed E-state index contributed by atoms with van der Waals surface area (Å²) in [4.78, 5) is 13.5. The van der Waals surface area contributed by atoms with E-state index in [9.17, 15) is 4.39 Å². The molecule has 2 aliphatic rings. The molecular formula is C30H43FN2O6. The van der Waals surface area contributed by atoms with E-state index in [1.54, 1.807) is 19.2 Å². The lowest BCUT2D eigenvalue weighted by Crippen LogP contribution is -2.38. The molecule has 39 heavy (non-hydrogen) atoms. The van der Waals surface area contributed by atoms with Crippen molar-refractivity contribution in [2.45, 2.75) is 52.2 Å². The number of carbonyl (C=O) groups is 1. The fourth-order valence-corrected chi connectivity index (χ4v) is 4.94. The summed E-state index contributed by atoms with van der Waals surface area (Å²) in [5, 5.41) is 7.42. The molecule has 1 unspecified atom stereocenters. The van der Waals surface area contributed by atoms with E-state index in [1.165, 1.54) is 11.8 Å². The molecule has 1 N–H and O–H groups in total. The SMILES string of the molecule is CC(=O)O.CCOc1ccc(F)c(N2CCC(Oc3ccc(N4CC(C)[C@@H](OCCCOC)C4)cc3)CC2)c1. The maximum Gasteiger partial charge on any atom is 0.300 e. The average molecular weight is 547 g/mol. The van der Waals surface area contributed by atoms with Crippen molar-refractivity contribution in [1.82, 2.24) is 0 Å². The van der Waals surface area contributed by atoms with E-state index in [-0.39, 0.29) is 18.0 Å². The van der Waals surface area contributed by atoms with Gasteiger partial charge in [0.1, 0.15) is 23.4 Å². The predicted molar refractivity (Wildman–Crippen MR) is 151 cm³/mol. The van der Waals surface area contributed by atoms with Gasteiger partial charge in [0.25, 0.3) is 5.97 Å². The van der Waals surface area contributed by atoms with Crippen molar-refractivity contribution in [1.29, 1.82) is 0 Å². The van der Waals surface area contributed by atoms with Crippen LogP contribution in [0.5, 0.6) is 11.5 Å². The summed E-state index contributed by atoms with van der Waals surface area (Å²) in [6, 6.07) is 13.4. The zero-order valence-corrected chi connectivity index (χ0v) is 23.6. The van der Waals surface area contributed by atoms with Crippen molar-refractivity contribution in [2.24, 2.45) is 5.92 Å². The maximum absolute atomic E-state index is 14.4. The Morgan fingerprint density at radius 2 is 1.69 bits per heavy atom. The normalized spacial score (nSPS) is 19.4. The molecule has 9 heteroatoms. The summed E-state index contributed by atoms with van der Waals surface area (Å²) in [5.74, 6) is 1.05. The third-order valence-corrected chi connectivity index (χ3v) is 6.88. The molecule has 2 aromatic rings. The van der Waals surface area contributed by atoms with Crippen LogP contribution in [0.3, 0.4) is 0 Å². The number of rotatable bonds is 11. The van der Waals surface area contributed by atoms with Gasteiger partial charge in [-0.25, -0.2) is 4.39 Å². The lowest BCUT2D eigenvalue weighted by atomic mass is 10.1. The molecule has 0 radical (unpaired) electrons. The van der Waals surface area contributed by atoms with Gasteiger partial charge >= 0.3 is 0 Å². The molecule has 2 heterocycles. The van der Waals surface area contributed by atoms with Gasteiger partial charge in [-0.15, -0.1) is 0 Å². The quantitative estimate of drug-likeness (QED) is 0.383. The Morgan fingerprint density at radius 3 is 2.33 bits per heavy atom. The second-order valence-electron chi connectivity index (χ2n) is 10.0. The first-order valence-electron chi connectivity index (χ1n) is 13.8. The van der Waals surface area contributed by atoms with Gasteiger partial charge < -0.3 is 33.9 Å². The molecule has 0 aliphatic carbocycles. The van der Waals surface area contributed by atoms with Crippen LogP contribution in [0.1, 0.15) is 40.0 Å². The number of nitrogens with zero attached hydrogens (tertiary/aromatic N) is 2. The summed E-state index contributed by atoms with van der Waals surface area (Å²) in [5.41, 5.74) is 1.81. The molecule has 2 atom stereocenters. The number of benzene rings is 2. The standard InChI is InChI=1S/C28H39FN2O4.C2H4O2/c1-4-33-25-10-11-26(29)27(18-25)30-14-12-24(13-15-30)35-23-8-6-22(7-9-23)31-19-21(2)28(20-31)34-17-5-16-32-3;1-2(3)4/h6-11,18,21,24,28H,4-5,12-17,19-20H2,1-3H3;1H3,(H,3,4)/t21?,28-;/m0./s1. The van der Waals surface area contributed by atoms with Gasteiger partial charge in [0.15, 0.2) is 0 Å². The molecule has 0 amide bonds. The number of hydrogen-bond donors (Lipinski definition) is 1. The Bertz CT molecular complexity index is 1010. The van der Waals surface area contributed by atoms with Crippen molar-refractivity contribution in [2.75, 3.05) is 62.9 Å². The summed E-state index contributed by atoms with van der Waals surface area (Å²) in [6.07, 6.45) is 3.02. The number of carboxylic acid groups (broad SMARTS) is 1. The molecule has 4 rings (SSSR count). The highest BCUT2D eigenvalue weighted by molar-refractivity contribution is 5.63. The Morgan fingerprint density at radius 1 is 1.03 bits per heavy atom. The number of hydrogen-bond acceptors (Lipinski definition) is 7. The largest absolute Gasteiger partial charge is 0.494 e. The van der Waals surface area contributed by atoms with E-state index >= 15 is 0 Å². The lowest BCUT2D eigenvalue weighted by molar-refractivity contribution is -0.134. The minimum absolute atomic E-state index is 0.131. The van der Waals surface area contributed by atoms with Crippen LogP contribution < -0.4 is 19.3 Å². The van der Waals surface area contributed by atoms with Crippen LogP contribution >= 0.6 is 0 Å². The molecular weight excluding hydrogens is 503 g/mol.